The van der Waals surface area contributed by atoms with Crippen molar-refractivity contribution in [3.05, 3.63) is 102 Å². The highest BCUT2D eigenvalue weighted by Gasteiger charge is 2.33. The number of ether oxygens (including phenoxy) is 1. The number of esters is 1. The second kappa shape index (κ2) is 10.5. The van der Waals surface area contributed by atoms with Gasteiger partial charge in [0.2, 0.25) is 0 Å². The molecule has 0 amide bonds. The molecule has 0 spiro atoms. The number of nitrogens with zero attached hydrogens (tertiary/aromatic N) is 4. The quantitative estimate of drug-likeness (QED) is 0.258. The van der Waals surface area contributed by atoms with Gasteiger partial charge in [0.15, 0.2) is 15.1 Å². The zero-order chi connectivity index (χ0) is 26.1. The van der Waals surface area contributed by atoms with Crippen molar-refractivity contribution in [1.29, 1.82) is 0 Å². The molecule has 0 N–H and O–H groups in total. The Morgan fingerprint density at radius 1 is 1.19 bits per heavy atom. The summed E-state index contributed by atoms with van der Waals surface area (Å²) in [5.41, 5.74) is 1.25. The van der Waals surface area contributed by atoms with Crippen LogP contribution in [0.1, 0.15) is 38.1 Å². The van der Waals surface area contributed by atoms with Crippen LogP contribution < -0.4 is 14.9 Å². The van der Waals surface area contributed by atoms with Crippen molar-refractivity contribution in [1.82, 2.24) is 14.5 Å². The smallest absolute Gasteiger partial charge is 0.338 e. The minimum absolute atomic E-state index is 0.289. The van der Waals surface area contributed by atoms with Gasteiger partial charge >= 0.3 is 5.97 Å². The molecule has 0 fully saturated rings. The van der Waals surface area contributed by atoms with Crippen molar-refractivity contribution in [2.45, 2.75) is 43.2 Å². The highest BCUT2D eigenvalue weighted by Crippen LogP contribution is 2.32. The Morgan fingerprint density at radius 2 is 1.92 bits per heavy atom. The number of furan rings is 1. The lowest BCUT2D eigenvalue weighted by Crippen LogP contribution is -2.40. The normalized spacial score (nSPS) is 15.6. The molecule has 4 heterocycles. The summed E-state index contributed by atoms with van der Waals surface area (Å²) in [6, 6.07) is 11.7. The van der Waals surface area contributed by atoms with E-state index in [1.54, 1.807) is 81.7 Å². The van der Waals surface area contributed by atoms with E-state index >= 15 is 0 Å². The second-order valence-electron chi connectivity index (χ2n) is 8.38. The van der Waals surface area contributed by atoms with Gasteiger partial charge in [-0.15, -0.1) is 0 Å². The summed E-state index contributed by atoms with van der Waals surface area (Å²) >= 11 is 8.62. The molecule has 0 aliphatic carbocycles. The van der Waals surface area contributed by atoms with Crippen LogP contribution in [0.5, 0.6) is 0 Å². The first kappa shape index (κ1) is 25.2. The van der Waals surface area contributed by atoms with Crippen molar-refractivity contribution >= 4 is 46.7 Å². The first-order valence-electron chi connectivity index (χ1n) is 11.3. The van der Waals surface area contributed by atoms with Crippen LogP contribution in [-0.2, 0) is 9.53 Å². The molecule has 0 radical (unpaired) electrons. The van der Waals surface area contributed by atoms with Gasteiger partial charge in [-0.2, -0.15) is 0 Å². The van der Waals surface area contributed by atoms with E-state index in [0.717, 1.165) is 5.56 Å². The molecule has 0 saturated carbocycles. The standard InChI is InChI=1S/C26H21ClN4O4S2/c1-14(2)34-24(33)21-15(3)30-26-31(22(21)16-5-7-17(27)8-6-16)23(32)19(36-26)13-18-9-10-20(35-18)37-25-28-11-4-12-29-25/h4-14,22H,1-3H3/b19-13+. The van der Waals surface area contributed by atoms with Gasteiger partial charge in [0, 0.05) is 23.5 Å². The first-order valence-corrected chi connectivity index (χ1v) is 13.3. The van der Waals surface area contributed by atoms with Gasteiger partial charge in [0.1, 0.15) is 5.76 Å². The molecule has 1 aromatic carbocycles. The van der Waals surface area contributed by atoms with Crippen LogP contribution in [0.3, 0.4) is 0 Å². The van der Waals surface area contributed by atoms with E-state index in [-0.39, 0.29) is 11.7 Å². The van der Waals surface area contributed by atoms with E-state index in [4.69, 9.17) is 20.8 Å². The molecule has 37 heavy (non-hydrogen) atoms. The lowest BCUT2D eigenvalue weighted by Gasteiger charge is -2.25. The minimum Gasteiger partial charge on any atom is -0.459 e. The van der Waals surface area contributed by atoms with Crippen molar-refractivity contribution in [3.8, 4) is 0 Å². The monoisotopic (exact) mass is 552 g/mol. The number of halogens is 1. The average molecular weight is 553 g/mol. The fraction of sp³-hybridized carbons (Fsp3) is 0.192. The number of hydrogen-bond donors (Lipinski definition) is 0. The lowest BCUT2D eigenvalue weighted by atomic mass is 9.96. The second-order valence-corrected chi connectivity index (χ2v) is 10.8. The molecule has 8 nitrogen and oxygen atoms in total. The number of carbonyl (C=O) groups excluding carboxylic acids is 1. The summed E-state index contributed by atoms with van der Waals surface area (Å²) in [6.45, 7) is 5.30. The third-order valence-electron chi connectivity index (χ3n) is 5.38. The maximum atomic E-state index is 13.7. The number of aromatic nitrogens is 3. The van der Waals surface area contributed by atoms with Crippen molar-refractivity contribution in [3.63, 3.8) is 0 Å². The van der Waals surface area contributed by atoms with Crippen molar-refractivity contribution in [2.75, 3.05) is 0 Å². The van der Waals surface area contributed by atoms with Crippen LogP contribution >= 0.6 is 34.7 Å². The highest BCUT2D eigenvalue weighted by atomic mass is 35.5. The Bertz CT molecular complexity index is 1670. The van der Waals surface area contributed by atoms with Crippen LogP contribution in [0.2, 0.25) is 5.02 Å². The zero-order valence-corrected chi connectivity index (χ0v) is 22.4. The Balaban J connectivity index is 1.58. The predicted octanol–water partition coefficient (Wildman–Crippen LogP) is 4.37. The zero-order valence-electron chi connectivity index (χ0n) is 20.0. The molecule has 1 aliphatic rings. The first-order chi connectivity index (χ1) is 17.8. The Kier molecular flexibility index (Phi) is 7.14. The largest absolute Gasteiger partial charge is 0.459 e. The van der Waals surface area contributed by atoms with E-state index in [1.165, 1.54) is 27.7 Å². The number of fused-ring (bicyclic) bond motifs is 1. The average Bonchev–Trinajstić information content (AvgIpc) is 3.42. The van der Waals surface area contributed by atoms with E-state index < -0.39 is 12.0 Å². The summed E-state index contributed by atoms with van der Waals surface area (Å²) in [5, 5.41) is 1.71. The van der Waals surface area contributed by atoms with Gasteiger partial charge in [-0.25, -0.2) is 19.8 Å². The summed E-state index contributed by atoms with van der Waals surface area (Å²) in [7, 11) is 0. The molecular formula is C26H21ClN4O4S2. The topological polar surface area (TPSA) is 99.6 Å². The van der Waals surface area contributed by atoms with E-state index in [2.05, 4.69) is 15.0 Å². The van der Waals surface area contributed by atoms with E-state index in [9.17, 15) is 9.59 Å². The van der Waals surface area contributed by atoms with E-state index in [0.29, 0.717) is 41.6 Å². The number of thiazole rings is 1. The van der Waals surface area contributed by atoms with Crippen molar-refractivity contribution < 1.29 is 13.9 Å². The number of allylic oxidation sites excluding steroid dienone is 1. The Labute approximate surface area is 225 Å². The fourth-order valence-electron chi connectivity index (χ4n) is 3.84. The van der Waals surface area contributed by atoms with Crippen LogP contribution in [-0.4, -0.2) is 26.6 Å². The highest BCUT2D eigenvalue weighted by molar-refractivity contribution is 7.99. The molecule has 1 aliphatic heterocycles. The predicted molar refractivity (Wildman–Crippen MR) is 141 cm³/mol. The number of hydrogen-bond acceptors (Lipinski definition) is 9. The molecule has 4 aromatic rings. The van der Waals surface area contributed by atoms with Gasteiger partial charge in [0.25, 0.3) is 5.56 Å². The maximum Gasteiger partial charge on any atom is 0.338 e. The van der Waals surface area contributed by atoms with Crippen LogP contribution in [0.4, 0.5) is 0 Å². The van der Waals surface area contributed by atoms with Gasteiger partial charge in [-0.05, 0) is 68.4 Å². The molecule has 188 valence electrons. The van der Waals surface area contributed by atoms with Crippen LogP contribution in [0.25, 0.3) is 6.08 Å². The third-order valence-corrected chi connectivity index (χ3v) is 7.43. The molecule has 0 bridgehead atoms. The maximum absolute atomic E-state index is 13.7. The molecule has 11 heteroatoms. The fourth-order valence-corrected chi connectivity index (χ4v) is 5.68. The lowest BCUT2D eigenvalue weighted by molar-refractivity contribution is -0.143. The number of rotatable bonds is 6. The van der Waals surface area contributed by atoms with Gasteiger partial charge in [0.05, 0.1) is 27.9 Å². The van der Waals surface area contributed by atoms with E-state index in [1.807, 2.05) is 0 Å². The molecule has 5 rings (SSSR count). The van der Waals surface area contributed by atoms with Crippen LogP contribution in [0.15, 0.2) is 90.6 Å². The number of benzene rings is 1. The summed E-state index contributed by atoms with van der Waals surface area (Å²) < 4.78 is 13.3. The third kappa shape index (κ3) is 5.31. The molecule has 0 saturated heterocycles. The molecule has 1 unspecified atom stereocenters. The van der Waals surface area contributed by atoms with Crippen LogP contribution in [0, 0.1) is 0 Å². The Hall–Kier alpha value is -3.47. The minimum atomic E-state index is -0.708. The van der Waals surface area contributed by atoms with Gasteiger partial charge in [-0.3, -0.25) is 9.36 Å². The van der Waals surface area contributed by atoms with Gasteiger partial charge in [-0.1, -0.05) is 35.1 Å². The van der Waals surface area contributed by atoms with Gasteiger partial charge < -0.3 is 9.15 Å². The summed E-state index contributed by atoms with van der Waals surface area (Å²) in [6.07, 6.45) is 4.66. The number of carbonyl (C=O) groups is 1. The Morgan fingerprint density at radius 3 is 2.62 bits per heavy atom. The molecule has 1 atom stereocenters. The SMILES string of the molecule is CC1=C(C(=O)OC(C)C)C(c2ccc(Cl)cc2)n2c(s/c(=C/c3ccc(Sc4ncccn4)o3)c2=O)=N1. The summed E-state index contributed by atoms with van der Waals surface area (Å²) in [4.78, 5) is 40.2. The summed E-state index contributed by atoms with van der Waals surface area (Å²) in [5.74, 6) is -0.0109. The molecule has 3 aromatic heterocycles. The van der Waals surface area contributed by atoms with Crippen molar-refractivity contribution in [2.24, 2.45) is 4.99 Å². The molecular weight excluding hydrogens is 532 g/mol.